The van der Waals surface area contributed by atoms with E-state index in [2.05, 4.69) is 36.8 Å². The predicted octanol–water partition coefficient (Wildman–Crippen LogP) is 3.81. The number of amides is 1. The Bertz CT molecular complexity index is 546. The summed E-state index contributed by atoms with van der Waals surface area (Å²) in [6, 6.07) is 7.07. The molecule has 1 heterocycles. The van der Waals surface area contributed by atoms with Crippen molar-refractivity contribution in [1.29, 1.82) is 0 Å². The van der Waals surface area contributed by atoms with Crippen LogP contribution in [0.2, 0.25) is 0 Å². The average molecular weight is 278 g/mol. The van der Waals surface area contributed by atoms with Gasteiger partial charge in [0.25, 0.3) is 5.91 Å². The molecule has 0 aliphatic heterocycles. The third-order valence-electron chi connectivity index (χ3n) is 2.46. The fourth-order valence-corrected chi connectivity index (χ4v) is 2.41. The first-order chi connectivity index (χ1) is 8.56. The molecule has 0 atom stereocenters. The zero-order valence-electron chi connectivity index (χ0n) is 10.2. The fourth-order valence-electron chi connectivity index (χ4n) is 1.39. The van der Waals surface area contributed by atoms with E-state index < -0.39 is 0 Å². The number of thiazole rings is 1. The predicted molar refractivity (Wildman–Crippen MR) is 77.9 cm³/mol. The molecule has 94 valence electrons. The van der Waals surface area contributed by atoms with Gasteiger partial charge in [-0.1, -0.05) is 13.8 Å². The van der Waals surface area contributed by atoms with E-state index in [-0.39, 0.29) is 5.91 Å². The number of hydrogen-bond acceptors (Lipinski definition) is 4. The van der Waals surface area contributed by atoms with Crippen LogP contribution in [0.15, 0.2) is 34.5 Å². The summed E-state index contributed by atoms with van der Waals surface area (Å²) in [5, 5.41) is 5.40. The molecule has 0 aliphatic rings. The Kier molecular flexibility index (Phi) is 4.04. The number of benzene rings is 1. The zero-order chi connectivity index (χ0) is 13.1. The van der Waals surface area contributed by atoms with Gasteiger partial charge < -0.3 is 0 Å². The lowest BCUT2D eigenvalue weighted by Crippen LogP contribution is -2.11. The molecule has 18 heavy (non-hydrogen) atoms. The fraction of sp³-hybridized carbons (Fsp3) is 0.231. The second-order valence-electron chi connectivity index (χ2n) is 4.23. The molecule has 1 aromatic carbocycles. The maximum absolute atomic E-state index is 11.9. The molecule has 5 heteroatoms. The van der Waals surface area contributed by atoms with Crippen molar-refractivity contribution in [2.24, 2.45) is 0 Å². The number of thiol groups is 1. The Balaban J connectivity index is 2.08. The van der Waals surface area contributed by atoms with Crippen LogP contribution in [0.3, 0.4) is 0 Å². The van der Waals surface area contributed by atoms with Crippen molar-refractivity contribution in [3.8, 4) is 0 Å². The van der Waals surface area contributed by atoms with Gasteiger partial charge in [-0.3, -0.25) is 10.1 Å². The van der Waals surface area contributed by atoms with Crippen LogP contribution >= 0.6 is 24.0 Å². The third-order valence-corrected chi connectivity index (χ3v) is 3.54. The van der Waals surface area contributed by atoms with Gasteiger partial charge in [-0.15, -0.1) is 24.0 Å². The molecule has 1 N–H and O–H groups in total. The molecule has 0 saturated carbocycles. The number of carbonyl (C=O) groups is 1. The van der Waals surface area contributed by atoms with Crippen LogP contribution in [0.5, 0.6) is 0 Å². The van der Waals surface area contributed by atoms with E-state index in [1.165, 1.54) is 11.3 Å². The smallest absolute Gasteiger partial charge is 0.257 e. The van der Waals surface area contributed by atoms with Gasteiger partial charge in [-0.2, -0.15) is 0 Å². The van der Waals surface area contributed by atoms with E-state index in [0.717, 1.165) is 10.6 Å². The van der Waals surface area contributed by atoms with Crippen LogP contribution in [0, 0.1) is 0 Å². The summed E-state index contributed by atoms with van der Waals surface area (Å²) >= 11 is 5.63. The highest BCUT2D eigenvalue weighted by Gasteiger charge is 2.10. The van der Waals surface area contributed by atoms with Crippen LogP contribution in [0.1, 0.15) is 35.8 Å². The first kappa shape index (κ1) is 13.1. The highest BCUT2D eigenvalue weighted by Crippen LogP contribution is 2.22. The third kappa shape index (κ3) is 3.11. The second-order valence-corrected chi connectivity index (χ2v) is 5.61. The lowest BCUT2D eigenvalue weighted by Gasteiger charge is -2.02. The number of carbonyl (C=O) groups excluding carboxylic acids is 1. The van der Waals surface area contributed by atoms with Crippen molar-refractivity contribution < 1.29 is 4.79 Å². The Morgan fingerprint density at radius 1 is 1.33 bits per heavy atom. The van der Waals surface area contributed by atoms with Crippen molar-refractivity contribution in [1.82, 2.24) is 4.98 Å². The topological polar surface area (TPSA) is 42.0 Å². The number of hydrogen-bond donors (Lipinski definition) is 2. The molecule has 2 rings (SSSR count). The minimum Gasteiger partial charge on any atom is -0.298 e. The van der Waals surface area contributed by atoms with Crippen LogP contribution in [0.4, 0.5) is 5.13 Å². The summed E-state index contributed by atoms with van der Waals surface area (Å²) in [6.07, 6.45) is 0. The van der Waals surface area contributed by atoms with Crippen LogP contribution in [0.25, 0.3) is 0 Å². The van der Waals surface area contributed by atoms with Gasteiger partial charge in [0.05, 0.1) is 5.69 Å². The highest BCUT2D eigenvalue weighted by atomic mass is 32.1. The van der Waals surface area contributed by atoms with E-state index in [9.17, 15) is 4.79 Å². The Morgan fingerprint density at radius 2 is 2.00 bits per heavy atom. The summed E-state index contributed by atoms with van der Waals surface area (Å²) in [5.41, 5.74) is 1.61. The van der Waals surface area contributed by atoms with E-state index in [1.807, 2.05) is 5.38 Å². The quantitative estimate of drug-likeness (QED) is 0.838. The molecular formula is C13H14N2OS2. The SMILES string of the molecule is CC(C)c1csc(NC(=O)c2ccc(S)cc2)n1. The molecule has 0 saturated heterocycles. The molecule has 1 amide bonds. The first-order valence-electron chi connectivity index (χ1n) is 5.62. The van der Waals surface area contributed by atoms with Gasteiger partial charge >= 0.3 is 0 Å². The molecule has 0 spiro atoms. The maximum Gasteiger partial charge on any atom is 0.257 e. The first-order valence-corrected chi connectivity index (χ1v) is 6.95. The summed E-state index contributed by atoms with van der Waals surface area (Å²) in [4.78, 5) is 17.1. The van der Waals surface area contributed by atoms with E-state index in [0.29, 0.717) is 16.6 Å². The van der Waals surface area contributed by atoms with Crippen molar-refractivity contribution in [2.75, 3.05) is 5.32 Å². The minimum absolute atomic E-state index is 0.145. The van der Waals surface area contributed by atoms with Crippen LogP contribution in [-0.4, -0.2) is 10.9 Å². The zero-order valence-corrected chi connectivity index (χ0v) is 11.9. The largest absolute Gasteiger partial charge is 0.298 e. The molecule has 1 aromatic heterocycles. The van der Waals surface area contributed by atoms with Gasteiger partial charge in [-0.05, 0) is 30.2 Å². The molecule has 0 bridgehead atoms. The van der Waals surface area contributed by atoms with Gasteiger partial charge in [0.15, 0.2) is 5.13 Å². The van der Waals surface area contributed by atoms with Crippen molar-refractivity contribution in [3.63, 3.8) is 0 Å². The molecule has 0 radical (unpaired) electrons. The molecule has 2 aromatic rings. The van der Waals surface area contributed by atoms with Gasteiger partial charge in [-0.25, -0.2) is 4.98 Å². The van der Waals surface area contributed by atoms with Crippen molar-refractivity contribution >= 4 is 35.0 Å². The number of nitrogens with zero attached hydrogens (tertiary/aromatic N) is 1. The molecule has 0 aliphatic carbocycles. The standard InChI is InChI=1S/C13H14N2OS2/c1-8(2)11-7-18-13(14-11)15-12(16)9-3-5-10(17)6-4-9/h3-8,17H,1-2H3,(H,14,15,16). The Hall–Kier alpha value is -1.33. The maximum atomic E-state index is 11.9. The number of anilines is 1. The number of nitrogens with one attached hydrogen (secondary N) is 1. The lowest BCUT2D eigenvalue weighted by atomic mass is 10.2. The summed E-state index contributed by atoms with van der Waals surface area (Å²) < 4.78 is 0. The van der Waals surface area contributed by atoms with Crippen LogP contribution in [-0.2, 0) is 0 Å². The highest BCUT2D eigenvalue weighted by molar-refractivity contribution is 7.80. The van der Waals surface area contributed by atoms with E-state index in [4.69, 9.17) is 0 Å². The molecular weight excluding hydrogens is 264 g/mol. The lowest BCUT2D eigenvalue weighted by molar-refractivity contribution is 0.102. The van der Waals surface area contributed by atoms with E-state index in [1.54, 1.807) is 24.3 Å². The summed E-state index contributed by atoms with van der Waals surface area (Å²) in [6.45, 7) is 4.15. The van der Waals surface area contributed by atoms with Gasteiger partial charge in [0.1, 0.15) is 0 Å². The average Bonchev–Trinajstić information content (AvgIpc) is 2.78. The minimum atomic E-state index is -0.145. The van der Waals surface area contributed by atoms with Gasteiger partial charge in [0.2, 0.25) is 0 Å². The monoisotopic (exact) mass is 278 g/mol. The van der Waals surface area contributed by atoms with Crippen LogP contribution < -0.4 is 5.32 Å². The Morgan fingerprint density at radius 3 is 2.56 bits per heavy atom. The van der Waals surface area contributed by atoms with Crippen molar-refractivity contribution in [2.45, 2.75) is 24.7 Å². The second kappa shape index (κ2) is 5.54. The van der Waals surface area contributed by atoms with Crippen molar-refractivity contribution in [3.05, 3.63) is 40.9 Å². The normalized spacial score (nSPS) is 10.7. The number of aromatic nitrogens is 1. The Labute approximate surface area is 116 Å². The molecule has 0 fully saturated rings. The summed E-state index contributed by atoms with van der Waals surface area (Å²) in [5.74, 6) is 0.225. The van der Waals surface area contributed by atoms with E-state index >= 15 is 0 Å². The molecule has 3 nitrogen and oxygen atoms in total. The van der Waals surface area contributed by atoms with Gasteiger partial charge in [0, 0.05) is 15.8 Å². The number of rotatable bonds is 3. The molecule has 0 unspecified atom stereocenters. The summed E-state index contributed by atoms with van der Waals surface area (Å²) in [7, 11) is 0.